The predicted molar refractivity (Wildman–Crippen MR) is 56.9 cm³/mol. The largest absolute Gasteiger partial charge is 0.394 e. The Kier molecular flexibility index (Phi) is 2.54. The number of aromatic nitrogens is 2. The molecule has 0 aliphatic rings. The summed E-state index contributed by atoms with van der Waals surface area (Å²) in [5.74, 6) is 0. The molecule has 0 fully saturated rings. The molecule has 1 atom stereocenters. The number of nitrogens with two attached hydrogens (primary N) is 1. The van der Waals surface area contributed by atoms with E-state index in [1.54, 1.807) is 6.20 Å². The van der Waals surface area contributed by atoms with Gasteiger partial charge in [-0.3, -0.25) is 4.40 Å². The maximum atomic E-state index is 8.98. The van der Waals surface area contributed by atoms with Gasteiger partial charge in [-0.1, -0.05) is 6.07 Å². The van der Waals surface area contributed by atoms with Crippen molar-refractivity contribution in [3.63, 3.8) is 0 Å². The van der Waals surface area contributed by atoms with Crippen LogP contribution >= 0.6 is 15.9 Å². The van der Waals surface area contributed by atoms with E-state index >= 15 is 0 Å². The van der Waals surface area contributed by atoms with Gasteiger partial charge in [0.2, 0.25) is 0 Å². The molecule has 4 nitrogen and oxygen atoms in total. The number of hydrogen-bond donors (Lipinski definition) is 2. The molecule has 2 aromatic rings. The Morgan fingerprint density at radius 2 is 2.36 bits per heavy atom. The van der Waals surface area contributed by atoms with Gasteiger partial charge in [0.1, 0.15) is 5.65 Å². The van der Waals surface area contributed by atoms with Gasteiger partial charge in [0.05, 0.1) is 29.1 Å². The van der Waals surface area contributed by atoms with E-state index in [1.807, 2.05) is 22.6 Å². The zero-order valence-electron chi connectivity index (χ0n) is 7.39. The van der Waals surface area contributed by atoms with E-state index in [1.165, 1.54) is 0 Å². The minimum atomic E-state index is -0.399. The molecule has 0 aliphatic carbocycles. The maximum Gasteiger partial charge on any atom is 0.137 e. The fourth-order valence-electron chi connectivity index (χ4n) is 1.37. The molecule has 14 heavy (non-hydrogen) atoms. The number of pyridine rings is 1. The minimum absolute atomic E-state index is 0.0882. The van der Waals surface area contributed by atoms with Crippen LogP contribution in [0.3, 0.4) is 0 Å². The summed E-state index contributed by atoms with van der Waals surface area (Å²) < 4.78 is 2.76. The summed E-state index contributed by atoms with van der Waals surface area (Å²) >= 11 is 3.41. The number of aliphatic hydroxyl groups is 1. The Labute approximate surface area is 89.5 Å². The van der Waals surface area contributed by atoms with Crippen LogP contribution in [-0.2, 0) is 0 Å². The molecule has 0 aliphatic heterocycles. The third-order valence-corrected chi connectivity index (χ3v) is 2.70. The number of hydrogen-bond acceptors (Lipinski definition) is 3. The van der Waals surface area contributed by atoms with Gasteiger partial charge in [-0.2, -0.15) is 0 Å². The molecule has 0 saturated carbocycles. The standard InChI is InChI=1S/C9H10BrN3O/c10-8-2-1-3-9-12-4-7(13(8)9)6(11)5-14/h1-4,6,14H,5,11H2. The van der Waals surface area contributed by atoms with Gasteiger partial charge in [0.25, 0.3) is 0 Å². The van der Waals surface area contributed by atoms with Crippen molar-refractivity contribution >= 4 is 21.6 Å². The molecule has 2 aromatic heterocycles. The van der Waals surface area contributed by atoms with Gasteiger partial charge in [0, 0.05) is 0 Å². The van der Waals surface area contributed by atoms with Gasteiger partial charge in [-0.15, -0.1) is 0 Å². The molecule has 74 valence electrons. The van der Waals surface area contributed by atoms with Crippen LogP contribution in [0.1, 0.15) is 11.7 Å². The van der Waals surface area contributed by atoms with Crippen LogP contribution in [0, 0.1) is 0 Å². The van der Waals surface area contributed by atoms with Crippen LogP contribution in [0.5, 0.6) is 0 Å². The Morgan fingerprint density at radius 3 is 3.07 bits per heavy atom. The van der Waals surface area contributed by atoms with Crippen molar-refractivity contribution in [2.45, 2.75) is 6.04 Å². The molecule has 0 bridgehead atoms. The van der Waals surface area contributed by atoms with Crippen LogP contribution in [0.2, 0.25) is 0 Å². The summed E-state index contributed by atoms with van der Waals surface area (Å²) in [4.78, 5) is 4.19. The first-order valence-electron chi connectivity index (χ1n) is 4.22. The molecule has 3 N–H and O–H groups in total. The van der Waals surface area contributed by atoms with Gasteiger partial charge in [-0.05, 0) is 28.1 Å². The number of aliphatic hydroxyl groups excluding tert-OH is 1. The number of nitrogens with zero attached hydrogens (tertiary/aromatic N) is 2. The third kappa shape index (κ3) is 1.43. The van der Waals surface area contributed by atoms with Crippen LogP contribution in [0.15, 0.2) is 29.0 Å². The second kappa shape index (κ2) is 3.68. The molecule has 0 radical (unpaired) electrons. The van der Waals surface area contributed by atoms with Gasteiger partial charge in [0.15, 0.2) is 0 Å². The fraction of sp³-hybridized carbons (Fsp3) is 0.222. The first kappa shape index (κ1) is 9.64. The Morgan fingerprint density at radius 1 is 1.57 bits per heavy atom. The summed E-state index contributed by atoms with van der Waals surface area (Å²) in [5, 5.41) is 8.98. The number of imidazole rings is 1. The van der Waals surface area contributed by atoms with Gasteiger partial charge in [-0.25, -0.2) is 4.98 Å². The second-order valence-corrected chi connectivity index (χ2v) is 3.83. The molecule has 0 spiro atoms. The summed E-state index contributed by atoms with van der Waals surface area (Å²) in [6, 6.07) is 5.30. The van der Waals surface area contributed by atoms with Crippen LogP contribution in [0.4, 0.5) is 0 Å². The lowest BCUT2D eigenvalue weighted by Gasteiger charge is -2.08. The first-order chi connectivity index (χ1) is 6.74. The molecule has 2 rings (SSSR count). The highest BCUT2D eigenvalue weighted by molar-refractivity contribution is 9.10. The molecular formula is C9H10BrN3O. The minimum Gasteiger partial charge on any atom is -0.394 e. The summed E-state index contributed by atoms with van der Waals surface area (Å²) in [5.41, 5.74) is 7.36. The van der Waals surface area contributed by atoms with E-state index < -0.39 is 6.04 Å². The van der Waals surface area contributed by atoms with Crippen molar-refractivity contribution in [1.82, 2.24) is 9.38 Å². The Balaban J connectivity index is 2.67. The lowest BCUT2D eigenvalue weighted by Crippen LogP contribution is -2.16. The smallest absolute Gasteiger partial charge is 0.137 e. The van der Waals surface area contributed by atoms with Crippen molar-refractivity contribution < 1.29 is 5.11 Å². The highest BCUT2D eigenvalue weighted by Gasteiger charge is 2.11. The molecular weight excluding hydrogens is 246 g/mol. The molecule has 0 saturated heterocycles. The molecule has 5 heteroatoms. The van der Waals surface area contributed by atoms with E-state index in [0.29, 0.717) is 0 Å². The average Bonchev–Trinajstić information content (AvgIpc) is 2.62. The zero-order valence-corrected chi connectivity index (χ0v) is 8.98. The Bertz CT molecular complexity index is 454. The molecule has 0 amide bonds. The lowest BCUT2D eigenvalue weighted by atomic mass is 10.2. The number of halogens is 1. The van der Waals surface area contributed by atoms with E-state index in [-0.39, 0.29) is 6.61 Å². The van der Waals surface area contributed by atoms with Crippen LogP contribution in [-0.4, -0.2) is 21.1 Å². The topological polar surface area (TPSA) is 63.5 Å². The quantitative estimate of drug-likeness (QED) is 0.790. The predicted octanol–water partition coefficient (Wildman–Crippen LogP) is 1.09. The maximum absolute atomic E-state index is 8.98. The number of rotatable bonds is 2. The average molecular weight is 256 g/mol. The van der Waals surface area contributed by atoms with Crippen molar-refractivity contribution in [3.8, 4) is 0 Å². The summed E-state index contributed by atoms with van der Waals surface area (Å²) in [6.07, 6.45) is 1.68. The van der Waals surface area contributed by atoms with Crippen molar-refractivity contribution in [1.29, 1.82) is 0 Å². The van der Waals surface area contributed by atoms with E-state index in [2.05, 4.69) is 20.9 Å². The zero-order chi connectivity index (χ0) is 10.1. The molecule has 2 heterocycles. The Hall–Kier alpha value is -0.910. The van der Waals surface area contributed by atoms with Crippen molar-refractivity contribution in [2.75, 3.05) is 6.61 Å². The fourth-order valence-corrected chi connectivity index (χ4v) is 1.91. The van der Waals surface area contributed by atoms with Crippen LogP contribution in [0.25, 0.3) is 5.65 Å². The molecule has 0 aromatic carbocycles. The third-order valence-electron chi connectivity index (χ3n) is 2.09. The van der Waals surface area contributed by atoms with Gasteiger partial charge >= 0.3 is 0 Å². The van der Waals surface area contributed by atoms with Crippen molar-refractivity contribution in [3.05, 3.63) is 34.7 Å². The summed E-state index contributed by atoms with van der Waals surface area (Å²) in [7, 11) is 0. The first-order valence-corrected chi connectivity index (χ1v) is 5.01. The van der Waals surface area contributed by atoms with Crippen LogP contribution < -0.4 is 5.73 Å². The van der Waals surface area contributed by atoms with E-state index in [4.69, 9.17) is 10.8 Å². The second-order valence-electron chi connectivity index (χ2n) is 3.01. The highest BCUT2D eigenvalue weighted by atomic mass is 79.9. The normalized spacial score (nSPS) is 13.4. The number of fused-ring (bicyclic) bond motifs is 1. The summed E-state index contributed by atoms with van der Waals surface area (Å²) in [6.45, 7) is -0.0882. The van der Waals surface area contributed by atoms with E-state index in [0.717, 1.165) is 15.9 Å². The highest BCUT2D eigenvalue weighted by Crippen LogP contribution is 2.19. The monoisotopic (exact) mass is 255 g/mol. The SMILES string of the molecule is NC(CO)c1cnc2cccc(Br)n12. The van der Waals surface area contributed by atoms with Crippen molar-refractivity contribution in [2.24, 2.45) is 5.73 Å². The van der Waals surface area contributed by atoms with Gasteiger partial charge < -0.3 is 10.8 Å². The molecule has 1 unspecified atom stereocenters. The van der Waals surface area contributed by atoms with E-state index in [9.17, 15) is 0 Å². The lowest BCUT2D eigenvalue weighted by molar-refractivity contribution is 0.265.